The van der Waals surface area contributed by atoms with Crippen molar-refractivity contribution in [1.82, 2.24) is 4.90 Å². The maximum absolute atomic E-state index is 12.3. The van der Waals surface area contributed by atoms with E-state index in [0.717, 1.165) is 12.8 Å². The number of benzene rings is 1. The Kier molecular flexibility index (Phi) is 4.56. The van der Waals surface area contributed by atoms with Gasteiger partial charge in [-0.3, -0.25) is 4.79 Å². The third kappa shape index (κ3) is 3.44. The summed E-state index contributed by atoms with van der Waals surface area (Å²) >= 11 is 0. The number of ether oxygens (including phenoxy) is 1. The zero-order valence-corrected chi connectivity index (χ0v) is 12.4. The smallest absolute Gasteiger partial charge is 0.248 e. The first kappa shape index (κ1) is 14.5. The summed E-state index contributed by atoms with van der Waals surface area (Å²) in [6, 6.07) is 10.2. The molecule has 0 aromatic heterocycles. The molecule has 114 valence electrons. The second kappa shape index (κ2) is 6.58. The lowest BCUT2D eigenvalue weighted by Gasteiger charge is -2.18. The Hall–Kier alpha value is -1.39. The molecule has 2 fully saturated rings. The second-order valence-electron chi connectivity index (χ2n) is 6.20. The monoisotopic (exact) mass is 288 g/mol. The van der Waals surface area contributed by atoms with Gasteiger partial charge in [-0.1, -0.05) is 43.2 Å². The molecular formula is C17H24N2O2. The Balaban J connectivity index is 1.54. The van der Waals surface area contributed by atoms with Crippen molar-refractivity contribution < 1.29 is 9.53 Å². The molecule has 3 rings (SSSR count). The van der Waals surface area contributed by atoms with E-state index in [1.807, 2.05) is 23.1 Å². The summed E-state index contributed by atoms with van der Waals surface area (Å²) in [7, 11) is 0. The van der Waals surface area contributed by atoms with Crippen molar-refractivity contribution in [2.75, 3.05) is 19.7 Å². The van der Waals surface area contributed by atoms with Gasteiger partial charge in [-0.15, -0.1) is 0 Å². The molecule has 2 atom stereocenters. The van der Waals surface area contributed by atoms with E-state index in [1.165, 1.54) is 18.4 Å². The molecule has 1 saturated carbocycles. The molecule has 0 bridgehead atoms. The van der Waals surface area contributed by atoms with E-state index in [1.54, 1.807) is 0 Å². The van der Waals surface area contributed by atoms with Gasteiger partial charge in [-0.25, -0.2) is 0 Å². The number of likely N-dealkylation sites (tertiary alicyclic amines) is 1. The van der Waals surface area contributed by atoms with Gasteiger partial charge in [0.15, 0.2) is 0 Å². The van der Waals surface area contributed by atoms with Crippen molar-refractivity contribution in [3.63, 3.8) is 0 Å². The van der Waals surface area contributed by atoms with E-state index in [-0.39, 0.29) is 30.6 Å². The Morgan fingerprint density at radius 3 is 2.62 bits per heavy atom. The Labute approximate surface area is 126 Å². The highest BCUT2D eigenvalue weighted by molar-refractivity contribution is 5.78. The van der Waals surface area contributed by atoms with Crippen molar-refractivity contribution in [1.29, 1.82) is 0 Å². The molecular weight excluding hydrogens is 264 g/mol. The SMILES string of the molecule is NC1CN(C(=O)COC2CCCC2)CC1c1ccccc1. The van der Waals surface area contributed by atoms with Crippen LogP contribution in [0.25, 0.3) is 0 Å². The molecule has 4 nitrogen and oxygen atoms in total. The molecule has 1 saturated heterocycles. The predicted molar refractivity (Wildman–Crippen MR) is 81.9 cm³/mol. The van der Waals surface area contributed by atoms with Crippen LogP contribution in [0.2, 0.25) is 0 Å². The number of nitrogens with zero attached hydrogens (tertiary/aromatic N) is 1. The van der Waals surface area contributed by atoms with Gasteiger partial charge in [0.2, 0.25) is 5.91 Å². The van der Waals surface area contributed by atoms with Gasteiger partial charge in [-0.2, -0.15) is 0 Å². The first-order chi connectivity index (χ1) is 10.2. The highest BCUT2D eigenvalue weighted by Crippen LogP contribution is 2.27. The van der Waals surface area contributed by atoms with Crippen molar-refractivity contribution >= 4 is 5.91 Å². The third-order valence-electron chi connectivity index (χ3n) is 4.69. The normalized spacial score (nSPS) is 26.4. The molecule has 21 heavy (non-hydrogen) atoms. The fourth-order valence-electron chi connectivity index (χ4n) is 3.42. The predicted octanol–water partition coefficient (Wildman–Crippen LogP) is 1.90. The van der Waals surface area contributed by atoms with Crippen LogP contribution in [0, 0.1) is 0 Å². The van der Waals surface area contributed by atoms with E-state index in [2.05, 4.69) is 12.1 Å². The lowest BCUT2D eigenvalue weighted by Crippen LogP contribution is -2.35. The van der Waals surface area contributed by atoms with E-state index < -0.39 is 0 Å². The molecule has 2 N–H and O–H groups in total. The van der Waals surface area contributed by atoms with Gasteiger partial charge in [0, 0.05) is 25.0 Å². The van der Waals surface area contributed by atoms with Crippen LogP contribution in [0.3, 0.4) is 0 Å². The van der Waals surface area contributed by atoms with Crippen LogP contribution in [0.15, 0.2) is 30.3 Å². The quantitative estimate of drug-likeness (QED) is 0.920. The van der Waals surface area contributed by atoms with E-state index in [4.69, 9.17) is 10.5 Å². The summed E-state index contributed by atoms with van der Waals surface area (Å²) in [5.74, 6) is 0.317. The maximum Gasteiger partial charge on any atom is 0.248 e. The van der Waals surface area contributed by atoms with Crippen LogP contribution in [0.4, 0.5) is 0 Å². The number of hydrogen-bond acceptors (Lipinski definition) is 3. The van der Waals surface area contributed by atoms with Gasteiger partial charge in [0.05, 0.1) is 6.10 Å². The van der Waals surface area contributed by atoms with Crippen LogP contribution in [0.1, 0.15) is 37.2 Å². The molecule has 2 aliphatic rings. The standard InChI is InChI=1S/C17H24N2O2/c18-16-11-19(10-15(16)13-6-2-1-3-7-13)17(20)12-21-14-8-4-5-9-14/h1-3,6-7,14-16H,4-5,8-12,18H2. The first-order valence-electron chi connectivity index (χ1n) is 7.94. The van der Waals surface area contributed by atoms with Crippen LogP contribution < -0.4 is 5.73 Å². The van der Waals surface area contributed by atoms with Gasteiger partial charge in [0.1, 0.15) is 6.61 Å². The number of nitrogens with two attached hydrogens (primary N) is 1. The zero-order valence-electron chi connectivity index (χ0n) is 12.4. The average molecular weight is 288 g/mol. The molecule has 0 spiro atoms. The summed E-state index contributed by atoms with van der Waals surface area (Å²) in [5, 5.41) is 0. The molecule has 1 amide bonds. The summed E-state index contributed by atoms with van der Waals surface area (Å²) in [6.07, 6.45) is 4.93. The fraction of sp³-hybridized carbons (Fsp3) is 0.588. The van der Waals surface area contributed by atoms with Crippen molar-refractivity contribution in [3.8, 4) is 0 Å². The van der Waals surface area contributed by atoms with Crippen LogP contribution in [-0.2, 0) is 9.53 Å². The molecule has 2 unspecified atom stereocenters. The summed E-state index contributed by atoms with van der Waals surface area (Å²) in [4.78, 5) is 14.1. The molecule has 1 aliphatic carbocycles. The number of carbonyl (C=O) groups excluding carboxylic acids is 1. The Morgan fingerprint density at radius 1 is 1.19 bits per heavy atom. The summed E-state index contributed by atoms with van der Waals surface area (Å²) < 4.78 is 5.72. The maximum atomic E-state index is 12.3. The number of amides is 1. The highest BCUT2D eigenvalue weighted by Gasteiger charge is 2.34. The second-order valence-corrected chi connectivity index (χ2v) is 6.20. The van der Waals surface area contributed by atoms with Gasteiger partial charge in [0.25, 0.3) is 0 Å². The minimum atomic E-state index is 0.0165. The minimum Gasteiger partial charge on any atom is -0.368 e. The first-order valence-corrected chi connectivity index (χ1v) is 7.94. The van der Waals surface area contributed by atoms with Crippen molar-refractivity contribution in [2.45, 2.75) is 43.7 Å². The average Bonchev–Trinajstić information content (AvgIpc) is 3.15. The number of hydrogen-bond donors (Lipinski definition) is 1. The molecule has 4 heteroatoms. The van der Waals surface area contributed by atoms with Crippen LogP contribution >= 0.6 is 0 Å². The Morgan fingerprint density at radius 2 is 1.90 bits per heavy atom. The Bertz CT molecular complexity index is 471. The number of carbonyl (C=O) groups is 1. The van der Waals surface area contributed by atoms with Crippen LogP contribution in [-0.4, -0.2) is 42.6 Å². The largest absolute Gasteiger partial charge is 0.368 e. The molecule has 1 aromatic rings. The van der Waals surface area contributed by atoms with E-state index >= 15 is 0 Å². The molecule has 0 radical (unpaired) electrons. The van der Waals surface area contributed by atoms with E-state index in [0.29, 0.717) is 13.1 Å². The molecule has 1 aromatic carbocycles. The minimum absolute atomic E-state index is 0.0165. The molecule has 1 heterocycles. The van der Waals surface area contributed by atoms with Crippen molar-refractivity contribution in [3.05, 3.63) is 35.9 Å². The van der Waals surface area contributed by atoms with Gasteiger partial charge < -0.3 is 15.4 Å². The van der Waals surface area contributed by atoms with Gasteiger partial charge in [-0.05, 0) is 18.4 Å². The van der Waals surface area contributed by atoms with E-state index in [9.17, 15) is 4.79 Å². The zero-order chi connectivity index (χ0) is 14.7. The lowest BCUT2D eigenvalue weighted by molar-refractivity contribution is -0.137. The number of rotatable bonds is 4. The van der Waals surface area contributed by atoms with Gasteiger partial charge >= 0.3 is 0 Å². The summed E-state index contributed by atoms with van der Waals surface area (Å²) in [6.45, 7) is 1.54. The fourth-order valence-corrected chi connectivity index (χ4v) is 3.42. The molecule has 1 aliphatic heterocycles. The topological polar surface area (TPSA) is 55.6 Å². The summed E-state index contributed by atoms with van der Waals surface area (Å²) in [5.41, 5.74) is 7.44. The van der Waals surface area contributed by atoms with Crippen molar-refractivity contribution in [2.24, 2.45) is 5.73 Å². The highest BCUT2D eigenvalue weighted by atomic mass is 16.5. The lowest BCUT2D eigenvalue weighted by atomic mass is 9.95. The van der Waals surface area contributed by atoms with Crippen LogP contribution in [0.5, 0.6) is 0 Å². The third-order valence-corrected chi connectivity index (χ3v) is 4.69.